The minimum atomic E-state index is -0.285. The zero-order chi connectivity index (χ0) is 19.1. The summed E-state index contributed by atoms with van der Waals surface area (Å²) < 4.78 is 5.78. The Bertz CT molecular complexity index is 850. The smallest absolute Gasteiger partial charge is 0.251 e. The second-order valence-electron chi connectivity index (χ2n) is 6.09. The molecule has 138 valence electrons. The van der Waals surface area contributed by atoms with E-state index in [1.165, 1.54) is 12.4 Å². The van der Waals surface area contributed by atoms with Gasteiger partial charge in [-0.3, -0.25) is 9.59 Å². The molecule has 0 bridgehead atoms. The molecule has 8 heteroatoms. The number of nitrogens with zero attached hydrogens (tertiary/aromatic N) is 4. The van der Waals surface area contributed by atoms with Crippen molar-refractivity contribution < 1.29 is 14.3 Å². The Kier molecular flexibility index (Phi) is 5.94. The summed E-state index contributed by atoms with van der Waals surface area (Å²) in [5, 5.41) is 11.7. The molecule has 1 aromatic carbocycles. The first-order valence-corrected chi connectivity index (χ1v) is 8.66. The number of carbonyl (C=O) groups is 2. The molecule has 27 heavy (non-hydrogen) atoms. The van der Waals surface area contributed by atoms with Crippen molar-refractivity contribution in [2.45, 2.75) is 18.9 Å². The Morgan fingerprint density at radius 2 is 2.04 bits per heavy atom. The quantitative estimate of drug-likeness (QED) is 0.851. The summed E-state index contributed by atoms with van der Waals surface area (Å²) in [6.07, 6.45) is 4.14. The lowest BCUT2D eigenvalue weighted by molar-refractivity contribution is -0.132. The molecule has 1 unspecified atom stereocenters. The van der Waals surface area contributed by atoms with Gasteiger partial charge >= 0.3 is 0 Å². The van der Waals surface area contributed by atoms with Crippen LogP contribution in [-0.2, 0) is 4.79 Å². The van der Waals surface area contributed by atoms with Crippen molar-refractivity contribution in [2.75, 3.05) is 19.6 Å². The highest BCUT2D eigenvalue weighted by atomic mass is 16.5. The van der Waals surface area contributed by atoms with Crippen LogP contribution < -0.4 is 10.1 Å². The molecule has 1 aromatic heterocycles. The number of aromatic nitrogens is 2. The van der Waals surface area contributed by atoms with Crippen molar-refractivity contribution >= 4 is 11.8 Å². The highest BCUT2D eigenvalue weighted by molar-refractivity contribution is 5.96. The van der Waals surface area contributed by atoms with E-state index in [1.807, 2.05) is 12.1 Å². The molecule has 0 radical (unpaired) electrons. The molecule has 1 aliphatic heterocycles. The van der Waals surface area contributed by atoms with E-state index < -0.39 is 0 Å². The van der Waals surface area contributed by atoms with Gasteiger partial charge in [0.1, 0.15) is 12.2 Å². The van der Waals surface area contributed by atoms with Gasteiger partial charge in [-0.05, 0) is 25.0 Å². The highest BCUT2D eigenvalue weighted by Crippen LogP contribution is 2.18. The molecule has 3 rings (SSSR count). The number of benzene rings is 1. The minimum Gasteiger partial charge on any atom is -0.470 e. The number of nitrogens with one attached hydrogen (secondary N) is 1. The summed E-state index contributed by atoms with van der Waals surface area (Å²) in [4.78, 5) is 34.1. The van der Waals surface area contributed by atoms with Crippen molar-refractivity contribution in [3.05, 3.63) is 54.0 Å². The van der Waals surface area contributed by atoms with Crippen molar-refractivity contribution in [3.8, 4) is 11.9 Å². The second kappa shape index (κ2) is 8.76. The molecule has 1 saturated heterocycles. The molecule has 2 aromatic rings. The summed E-state index contributed by atoms with van der Waals surface area (Å²) >= 11 is 0. The summed E-state index contributed by atoms with van der Waals surface area (Å²) in [6.45, 7) is 0.905. The predicted octanol–water partition coefficient (Wildman–Crippen LogP) is 1.15. The lowest BCUT2D eigenvalue weighted by Crippen LogP contribution is -2.48. The number of ether oxygens (including phenoxy) is 1. The van der Waals surface area contributed by atoms with E-state index >= 15 is 0 Å². The Morgan fingerprint density at radius 3 is 2.81 bits per heavy atom. The zero-order valence-corrected chi connectivity index (χ0v) is 14.7. The summed E-state index contributed by atoms with van der Waals surface area (Å²) in [6, 6.07) is 10.7. The fourth-order valence-corrected chi connectivity index (χ4v) is 2.87. The third-order valence-electron chi connectivity index (χ3n) is 4.22. The topological polar surface area (TPSA) is 108 Å². The van der Waals surface area contributed by atoms with E-state index in [9.17, 15) is 9.59 Å². The summed E-state index contributed by atoms with van der Waals surface area (Å²) in [5.41, 5.74) is 0.632. The molecular formula is C19H19N5O3. The predicted molar refractivity (Wildman–Crippen MR) is 95.8 cm³/mol. The second-order valence-corrected chi connectivity index (χ2v) is 6.09. The van der Waals surface area contributed by atoms with E-state index in [4.69, 9.17) is 10.00 Å². The van der Waals surface area contributed by atoms with Crippen LogP contribution in [0.4, 0.5) is 0 Å². The van der Waals surface area contributed by atoms with Crippen LogP contribution in [0.2, 0.25) is 0 Å². The Morgan fingerprint density at radius 1 is 1.26 bits per heavy atom. The number of amides is 2. The Labute approximate surface area is 156 Å². The van der Waals surface area contributed by atoms with E-state index in [-0.39, 0.29) is 36.0 Å². The third-order valence-corrected chi connectivity index (χ3v) is 4.22. The van der Waals surface area contributed by atoms with E-state index in [1.54, 1.807) is 29.2 Å². The Balaban J connectivity index is 1.53. The molecule has 2 heterocycles. The van der Waals surface area contributed by atoms with E-state index in [0.717, 1.165) is 12.8 Å². The summed E-state index contributed by atoms with van der Waals surface area (Å²) in [5.74, 6) is -0.282. The molecule has 0 saturated carbocycles. The normalized spacial score (nSPS) is 16.3. The number of hydrogen-bond donors (Lipinski definition) is 1. The zero-order valence-electron chi connectivity index (χ0n) is 14.7. The number of rotatable bonds is 5. The lowest BCUT2D eigenvalue weighted by Gasteiger charge is -2.32. The largest absolute Gasteiger partial charge is 0.470 e. The average Bonchev–Trinajstić information content (AvgIpc) is 2.73. The van der Waals surface area contributed by atoms with Crippen molar-refractivity contribution in [2.24, 2.45) is 0 Å². The summed E-state index contributed by atoms with van der Waals surface area (Å²) in [7, 11) is 0. The van der Waals surface area contributed by atoms with E-state index in [2.05, 4.69) is 15.3 Å². The van der Waals surface area contributed by atoms with Crippen molar-refractivity contribution in [1.82, 2.24) is 20.2 Å². The third kappa shape index (κ3) is 4.79. The molecule has 1 aliphatic rings. The van der Waals surface area contributed by atoms with Gasteiger partial charge in [-0.15, -0.1) is 0 Å². The monoisotopic (exact) mass is 365 g/mol. The lowest BCUT2D eigenvalue weighted by atomic mass is 10.1. The van der Waals surface area contributed by atoms with Crippen LogP contribution in [0.5, 0.6) is 5.88 Å². The van der Waals surface area contributed by atoms with Crippen LogP contribution in [0.3, 0.4) is 0 Å². The maximum atomic E-state index is 12.4. The van der Waals surface area contributed by atoms with Crippen LogP contribution in [0.15, 0.2) is 42.7 Å². The first kappa shape index (κ1) is 18.3. The standard InChI is InChI=1S/C19H19N5O3/c20-11-16-19(22-9-8-21-16)27-15-7-4-10-24(13-15)17(25)12-23-18(26)14-5-2-1-3-6-14/h1-3,5-6,8-9,15H,4,7,10,12-13H2,(H,23,26). The van der Waals surface area contributed by atoms with Crippen molar-refractivity contribution in [3.63, 3.8) is 0 Å². The van der Waals surface area contributed by atoms with Crippen LogP contribution in [0.25, 0.3) is 0 Å². The van der Waals surface area contributed by atoms with Gasteiger partial charge in [0, 0.05) is 24.5 Å². The molecule has 1 fully saturated rings. The maximum absolute atomic E-state index is 12.4. The van der Waals surface area contributed by atoms with Crippen LogP contribution >= 0.6 is 0 Å². The first-order valence-electron chi connectivity index (χ1n) is 8.66. The molecule has 1 N–H and O–H groups in total. The molecule has 0 spiro atoms. The molecule has 0 aliphatic carbocycles. The maximum Gasteiger partial charge on any atom is 0.251 e. The van der Waals surface area contributed by atoms with Gasteiger partial charge in [0.2, 0.25) is 11.6 Å². The van der Waals surface area contributed by atoms with Gasteiger partial charge < -0.3 is 15.0 Å². The minimum absolute atomic E-state index is 0.0744. The molecule has 1 atom stereocenters. The van der Waals surface area contributed by atoms with Crippen LogP contribution in [-0.4, -0.2) is 52.4 Å². The fourth-order valence-electron chi connectivity index (χ4n) is 2.87. The van der Waals surface area contributed by atoms with Gasteiger partial charge in [0.25, 0.3) is 11.8 Å². The molecular weight excluding hydrogens is 346 g/mol. The fraction of sp³-hybridized carbons (Fsp3) is 0.316. The molecule has 2 amide bonds. The van der Waals surface area contributed by atoms with Crippen LogP contribution in [0.1, 0.15) is 28.9 Å². The highest BCUT2D eigenvalue weighted by Gasteiger charge is 2.26. The van der Waals surface area contributed by atoms with Gasteiger partial charge in [-0.1, -0.05) is 18.2 Å². The average molecular weight is 365 g/mol. The molecule has 8 nitrogen and oxygen atoms in total. The van der Waals surface area contributed by atoms with Gasteiger partial charge in [-0.25, -0.2) is 9.97 Å². The number of nitriles is 1. The first-order chi connectivity index (χ1) is 13.2. The number of piperidine rings is 1. The van der Waals surface area contributed by atoms with E-state index in [0.29, 0.717) is 18.7 Å². The van der Waals surface area contributed by atoms with Crippen LogP contribution in [0, 0.1) is 11.3 Å². The number of likely N-dealkylation sites (tertiary alicyclic amines) is 1. The van der Waals surface area contributed by atoms with Gasteiger partial charge in [0.05, 0.1) is 13.1 Å². The van der Waals surface area contributed by atoms with Gasteiger partial charge in [0.15, 0.2) is 0 Å². The number of hydrogen-bond acceptors (Lipinski definition) is 6. The van der Waals surface area contributed by atoms with Gasteiger partial charge in [-0.2, -0.15) is 5.26 Å². The van der Waals surface area contributed by atoms with Crippen molar-refractivity contribution in [1.29, 1.82) is 5.26 Å². The number of carbonyl (C=O) groups excluding carboxylic acids is 2. The SMILES string of the molecule is N#Cc1nccnc1OC1CCCN(C(=O)CNC(=O)c2ccccc2)C1. The Hall–Kier alpha value is -3.47.